The number of ether oxygens (including phenoxy) is 2. The largest absolute Gasteiger partial charge is 0.472 e. The Balaban J connectivity index is 2.54. The van der Waals surface area contributed by atoms with Crippen molar-refractivity contribution in [1.82, 2.24) is 0 Å². The molecule has 0 aliphatic heterocycles. The van der Waals surface area contributed by atoms with Crippen molar-refractivity contribution < 1.29 is 63.1 Å². The van der Waals surface area contributed by atoms with Gasteiger partial charge >= 0.3 is 19.8 Å². The summed E-state index contributed by atoms with van der Waals surface area (Å²) >= 11 is 0. The molecule has 1 aliphatic carbocycles. The number of rotatable bonds is 32. The molecule has 1 aliphatic rings. The first-order chi connectivity index (χ1) is 25.4. The summed E-state index contributed by atoms with van der Waals surface area (Å²) in [5.74, 6) is -1.12. The first-order valence-electron chi connectivity index (χ1n) is 20.1. The summed E-state index contributed by atoms with van der Waals surface area (Å²) < 4.78 is 33.3. The Kier molecular flexibility index (Phi) is 28.4. The van der Waals surface area contributed by atoms with Crippen LogP contribution in [0.15, 0.2) is 24.3 Å². The van der Waals surface area contributed by atoms with Crippen LogP contribution in [0.1, 0.15) is 155 Å². The first-order valence-corrected chi connectivity index (χ1v) is 21.6. The molecule has 6 N–H and O–H groups in total. The molecule has 310 valence electrons. The van der Waals surface area contributed by atoms with Crippen molar-refractivity contribution in [2.24, 2.45) is 0 Å². The van der Waals surface area contributed by atoms with Crippen molar-refractivity contribution in [2.75, 3.05) is 13.2 Å². The van der Waals surface area contributed by atoms with Crippen LogP contribution in [-0.2, 0) is 32.7 Å². The van der Waals surface area contributed by atoms with Gasteiger partial charge in [-0.05, 0) is 57.8 Å². The topological polar surface area (TPSA) is 210 Å². The Morgan fingerprint density at radius 1 is 0.566 bits per heavy atom. The van der Waals surface area contributed by atoms with Gasteiger partial charge in [-0.3, -0.25) is 18.6 Å². The Bertz CT molecular complexity index is 1040. The van der Waals surface area contributed by atoms with Crippen LogP contribution in [0.2, 0.25) is 0 Å². The summed E-state index contributed by atoms with van der Waals surface area (Å²) in [6.45, 7) is 3.19. The smallest absolute Gasteiger partial charge is 0.462 e. The fraction of sp³-hybridized carbons (Fsp3) is 0.846. The highest BCUT2D eigenvalue weighted by molar-refractivity contribution is 7.47. The Labute approximate surface area is 317 Å². The second kappa shape index (κ2) is 30.5. The van der Waals surface area contributed by atoms with E-state index < -0.39 is 75.7 Å². The van der Waals surface area contributed by atoms with Gasteiger partial charge in [-0.15, -0.1) is 0 Å². The number of allylic oxidation sites excluding steroid dienone is 4. The van der Waals surface area contributed by atoms with Crippen LogP contribution in [0.25, 0.3) is 0 Å². The zero-order valence-electron chi connectivity index (χ0n) is 32.3. The molecule has 0 heterocycles. The third-order valence-electron chi connectivity index (χ3n) is 9.27. The third kappa shape index (κ3) is 23.8. The number of aliphatic hydroxyl groups excluding tert-OH is 5. The molecular weight excluding hydrogens is 707 g/mol. The molecule has 14 heteroatoms. The highest BCUT2D eigenvalue weighted by Crippen LogP contribution is 2.47. The lowest BCUT2D eigenvalue weighted by Crippen LogP contribution is -2.64. The average Bonchev–Trinajstić information content (AvgIpc) is 3.13. The third-order valence-corrected chi connectivity index (χ3v) is 10.3. The maximum Gasteiger partial charge on any atom is 0.472 e. The lowest BCUT2D eigenvalue weighted by atomic mass is 9.85. The Morgan fingerprint density at radius 2 is 0.981 bits per heavy atom. The van der Waals surface area contributed by atoms with Crippen LogP contribution in [0.3, 0.4) is 0 Å². The fourth-order valence-corrected chi connectivity index (χ4v) is 6.88. The van der Waals surface area contributed by atoms with Gasteiger partial charge in [0.15, 0.2) is 6.10 Å². The monoisotopic (exact) mass is 778 g/mol. The molecule has 53 heavy (non-hydrogen) atoms. The predicted octanol–water partition coefficient (Wildman–Crippen LogP) is 6.50. The molecule has 6 unspecified atom stereocenters. The maximum atomic E-state index is 12.7. The molecule has 0 saturated heterocycles. The van der Waals surface area contributed by atoms with Gasteiger partial charge in [0.05, 0.1) is 6.61 Å². The second-order valence-electron chi connectivity index (χ2n) is 14.1. The standard InChI is InChI=1S/C39H71O13P/c1-3-5-7-9-11-13-15-16-18-19-21-23-25-27-32(40)49-29-31(51-33(41)28-26-24-22-20-17-14-12-10-8-6-4-2)30-50-53(47,48)52-39-37(45)35(43)34(42)36(44)38(39)46/h10,12-13,15,31,34-39,42-46H,3-9,11,14,16-30H2,1-2H3,(H,47,48)/b12-10+,15-13+/t31-,34?,35-,36?,37?,38?,39?/m1/s1. The quantitative estimate of drug-likeness (QED) is 0.0187. The number of phosphoric acid groups is 1. The number of phosphoric ester groups is 1. The van der Waals surface area contributed by atoms with E-state index in [2.05, 4.69) is 38.2 Å². The van der Waals surface area contributed by atoms with Crippen LogP contribution in [0.4, 0.5) is 0 Å². The van der Waals surface area contributed by atoms with E-state index >= 15 is 0 Å². The number of carbonyl (C=O) groups excluding carboxylic acids is 2. The molecule has 1 rings (SSSR count). The minimum Gasteiger partial charge on any atom is -0.462 e. The van der Waals surface area contributed by atoms with Crippen LogP contribution < -0.4 is 0 Å². The summed E-state index contributed by atoms with van der Waals surface area (Å²) in [7, 11) is -5.11. The van der Waals surface area contributed by atoms with Gasteiger partial charge in [0.1, 0.15) is 43.2 Å². The van der Waals surface area contributed by atoms with Gasteiger partial charge in [-0.2, -0.15) is 0 Å². The summed E-state index contributed by atoms with van der Waals surface area (Å²) in [4.78, 5) is 35.4. The Morgan fingerprint density at radius 3 is 1.49 bits per heavy atom. The fourth-order valence-electron chi connectivity index (χ4n) is 5.91. The molecule has 1 fully saturated rings. The van der Waals surface area contributed by atoms with E-state index in [9.17, 15) is 44.6 Å². The minimum absolute atomic E-state index is 0.0853. The number of unbranched alkanes of at least 4 members (excludes halogenated alkanes) is 16. The van der Waals surface area contributed by atoms with Crippen LogP contribution in [-0.4, -0.2) is 98.3 Å². The van der Waals surface area contributed by atoms with E-state index in [0.29, 0.717) is 12.8 Å². The van der Waals surface area contributed by atoms with Gasteiger partial charge in [0.25, 0.3) is 0 Å². The van der Waals surface area contributed by atoms with E-state index in [1.54, 1.807) is 0 Å². The number of carbonyl (C=O) groups is 2. The lowest BCUT2D eigenvalue weighted by molar-refractivity contribution is -0.220. The SMILES string of the molecule is CCCC/C=C/CCCCCCCC(=O)O[C@H](COC(=O)CCCCCCC/C=C/CCCCCC)COP(=O)(O)OC1C(O)C(O)C(O)[C@@H](O)C1O. The molecular formula is C39H71O13P. The van der Waals surface area contributed by atoms with E-state index in [0.717, 1.165) is 77.0 Å². The van der Waals surface area contributed by atoms with Crippen molar-refractivity contribution in [3.05, 3.63) is 24.3 Å². The molecule has 1 saturated carbocycles. The van der Waals surface area contributed by atoms with Gasteiger partial charge < -0.3 is 39.9 Å². The number of aliphatic hydroxyl groups is 5. The van der Waals surface area contributed by atoms with Gasteiger partial charge in [0, 0.05) is 12.8 Å². The maximum absolute atomic E-state index is 12.7. The summed E-state index contributed by atoms with van der Waals surface area (Å²) in [5.41, 5.74) is 0. The first kappa shape index (κ1) is 49.3. The average molecular weight is 779 g/mol. The van der Waals surface area contributed by atoms with E-state index in [1.165, 1.54) is 38.5 Å². The predicted molar refractivity (Wildman–Crippen MR) is 203 cm³/mol. The minimum atomic E-state index is -5.11. The molecule has 0 aromatic carbocycles. The molecule has 0 spiro atoms. The van der Waals surface area contributed by atoms with E-state index in [4.69, 9.17) is 18.5 Å². The normalized spacial score (nSPS) is 23.7. The van der Waals surface area contributed by atoms with Crippen molar-refractivity contribution >= 4 is 19.8 Å². The number of esters is 2. The molecule has 13 nitrogen and oxygen atoms in total. The van der Waals surface area contributed by atoms with Crippen molar-refractivity contribution in [2.45, 2.75) is 198 Å². The highest BCUT2D eigenvalue weighted by Gasteiger charge is 2.51. The molecule has 0 aromatic rings. The summed E-state index contributed by atoms with van der Waals surface area (Å²) in [6.07, 6.45) is 16.8. The molecule has 0 radical (unpaired) electrons. The Hall–Kier alpha value is -1.67. The van der Waals surface area contributed by atoms with Crippen molar-refractivity contribution in [3.8, 4) is 0 Å². The van der Waals surface area contributed by atoms with Crippen LogP contribution >= 0.6 is 7.82 Å². The zero-order valence-corrected chi connectivity index (χ0v) is 33.2. The van der Waals surface area contributed by atoms with E-state index in [-0.39, 0.29) is 12.8 Å². The van der Waals surface area contributed by atoms with Gasteiger partial charge in [0.2, 0.25) is 0 Å². The second-order valence-corrected chi connectivity index (χ2v) is 15.5. The highest BCUT2D eigenvalue weighted by atomic mass is 31.2. The molecule has 0 amide bonds. The van der Waals surface area contributed by atoms with Crippen LogP contribution in [0, 0.1) is 0 Å². The zero-order chi connectivity index (χ0) is 39.3. The number of hydrogen-bond acceptors (Lipinski definition) is 12. The van der Waals surface area contributed by atoms with Crippen molar-refractivity contribution in [1.29, 1.82) is 0 Å². The summed E-state index contributed by atoms with van der Waals surface area (Å²) in [5, 5.41) is 49.9. The number of hydrogen-bond donors (Lipinski definition) is 6. The lowest BCUT2D eigenvalue weighted by Gasteiger charge is -2.41. The molecule has 8 atom stereocenters. The van der Waals surface area contributed by atoms with Crippen LogP contribution in [0.5, 0.6) is 0 Å². The van der Waals surface area contributed by atoms with Gasteiger partial charge in [-0.1, -0.05) is 109 Å². The molecule has 0 bridgehead atoms. The van der Waals surface area contributed by atoms with Gasteiger partial charge in [-0.25, -0.2) is 4.57 Å². The van der Waals surface area contributed by atoms with Crippen molar-refractivity contribution in [3.63, 3.8) is 0 Å². The van der Waals surface area contributed by atoms with E-state index in [1.807, 2.05) is 0 Å². The molecule has 0 aromatic heterocycles. The summed E-state index contributed by atoms with van der Waals surface area (Å²) in [6, 6.07) is 0.